The first kappa shape index (κ1) is 16.7. The van der Waals surface area contributed by atoms with Crippen LogP contribution in [-0.4, -0.2) is 23.3 Å². The number of carbonyl (C=O) groups is 2. The minimum Gasteiger partial charge on any atom is -0.370 e. The number of nitrogens with zero attached hydrogens (tertiary/aromatic N) is 1. The highest BCUT2D eigenvalue weighted by Crippen LogP contribution is 2.10. The van der Waals surface area contributed by atoms with E-state index in [2.05, 4.69) is 0 Å². The van der Waals surface area contributed by atoms with Crippen LogP contribution >= 0.6 is 0 Å². The van der Waals surface area contributed by atoms with Crippen molar-refractivity contribution < 1.29 is 9.59 Å². The van der Waals surface area contributed by atoms with Crippen LogP contribution in [0.4, 0.5) is 0 Å². The number of hydrogen-bond acceptors (Lipinski definition) is 2. The maximum Gasteiger partial charge on any atom is 0.223 e. The van der Waals surface area contributed by atoms with Crippen LogP contribution in [0.2, 0.25) is 0 Å². The highest BCUT2D eigenvalue weighted by Gasteiger charge is 2.14. The molecular formula is C19H22N2O2. The number of rotatable bonds is 8. The maximum atomic E-state index is 12.5. The normalized spacial score (nSPS) is 10.3. The summed E-state index contributed by atoms with van der Waals surface area (Å²) in [4.78, 5) is 25.3. The number of hydrogen-bond donors (Lipinski definition) is 1. The van der Waals surface area contributed by atoms with Gasteiger partial charge in [-0.3, -0.25) is 9.59 Å². The summed E-state index contributed by atoms with van der Waals surface area (Å²) in [5, 5.41) is 0. The molecule has 0 saturated carbocycles. The Kier molecular flexibility index (Phi) is 6.36. The van der Waals surface area contributed by atoms with Crippen molar-refractivity contribution in [2.75, 3.05) is 6.54 Å². The molecule has 4 heteroatoms. The molecule has 0 spiro atoms. The average Bonchev–Trinajstić information content (AvgIpc) is 2.58. The first-order valence-electron chi connectivity index (χ1n) is 7.79. The Bertz CT molecular complexity index is 626. The summed E-state index contributed by atoms with van der Waals surface area (Å²) >= 11 is 0. The van der Waals surface area contributed by atoms with Gasteiger partial charge in [-0.2, -0.15) is 0 Å². The zero-order valence-corrected chi connectivity index (χ0v) is 13.2. The molecule has 4 nitrogen and oxygen atoms in total. The van der Waals surface area contributed by atoms with Gasteiger partial charge >= 0.3 is 0 Å². The second kappa shape index (κ2) is 8.73. The third-order valence-electron chi connectivity index (χ3n) is 3.67. The first-order valence-corrected chi connectivity index (χ1v) is 7.79. The molecule has 2 amide bonds. The van der Waals surface area contributed by atoms with Crippen molar-refractivity contribution in [3.05, 3.63) is 71.8 Å². The fourth-order valence-corrected chi connectivity index (χ4v) is 2.39. The van der Waals surface area contributed by atoms with Gasteiger partial charge in [0.25, 0.3) is 0 Å². The molecule has 0 bridgehead atoms. The summed E-state index contributed by atoms with van der Waals surface area (Å²) in [6, 6.07) is 19.7. The smallest absolute Gasteiger partial charge is 0.223 e. The molecule has 2 aromatic rings. The average molecular weight is 310 g/mol. The molecule has 2 rings (SSSR count). The quantitative estimate of drug-likeness (QED) is 0.814. The van der Waals surface area contributed by atoms with Crippen LogP contribution in [0.25, 0.3) is 0 Å². The van der Waals surface area contributed by atoms with Crippen LogP contribution in [0.3, 0.4) is 0 Å². The lowest BCUT2D eigenvalue weighted by molar-refractivity contribution is -0.132. The Balaban J connectivity index is 1.97. The van der Waals surface area contributed by atoms with Crippen molar-refractivity contribution in [3.63, 3.8) is 0 Å². The molecule has 0 atom stereocenters. The molecule has 0 aliphatic carbocycles. The van der Waals surface area contributed by atoms with E-state index in [-0.39, 0.29) is 18.2 Å². The van der Waals surface area contributed by atoms with Gasteiger partial charge in [-0.15, -0.1) is 0 Å². The molecule has 0 saturated heterocycles. The summed E-state index contributed by atoms with van der Waals surface area (Å²) in [6.45, 7) is 0.861. The van der Waals surface area contributed by atoms with Gasteiger partial charge in [-0.25, -0.2) is 0 Å². The summed E-state index contributed by atoms with van der Waals surface area (Å²) in [6.07, 6.45) is 1.31. The van der Waals surface area contributed by atoms with E-state index in [9.17, 15) is 9.59 Å². The fraction of sp³-hybridized carbons (Fsp3) is 0.263. The van der Waals surface area contributed by atoms with E-state index in [1.807, 2.05) is 60.7 Å². The predicted molar refractivity (Wildman–Crippen MR) is 90.4 cm³/mol. The van der Waals surface area contributed by atoms with Crippen molar-refractivity contribution in [1.29, 1.82) is 0 Å². The van der Waals surface area contributed by atoms with Gasteiger partial charge in [0.1, 0.15) is 0 Å². The zero-order chi connectivity index (χ0) is 16.5. The van der Waals surface area contributed by atoms with E-state index in [4.69, 9.17) is 5.73 Å². The van der Waals surface area contributed by atoms with Crippen molar-refractivity contribution >= 4 is 11.8 Å². The Labute approximate surface area is 136 Å². The van der Waals surface area contributed by atoms with E-state index in [1.165, 1.54) is 0 Å². The van der Waals surface area contributed by atoms with Crippen LogP contribution in [0, 0.1) is 0 Å². The van der Waals surface area contributed by atoms with Crippen LogP contribution in [0.1, 0.15) is 24.0 Å². The molecule has 0 radical (unpaired) electrons. The van der Waals surface area contributed by atoms with Gasteiger partial charge in [0.2, 0.25) is 11.8 Å². The summed E-state index contributed by atoms with van der Waals surface area (Å²) in [5.41, 5.74) is 7.40. The van der Waals surface area contributed by atoms with Crippen molar-refractivity contribution in [3.8, 4) is 0 Å². The van der Waals surface area contributed by atoms with Crippen LogP contribution in [0.5, 0.6) is 0 Å². The summed E-state index contributed by atoms with van der Waals surface area (Å²) in [5.74, 6) is -0.349. The largest absolute Gasteiger partial charge is 0.370 e. The number of nitrogens with two attached hydrogens (primary N) is 1. The number of amides is 2. The van der Waals surface area contributed by atoms with Crippen LogP contribution in [-0.2, 0) is 22.6 Å². The Hall–Kier alpha value is -2.62. The van der Waals surface area contributed by atoms with Gasteiger partial charge < -0.3 is 10.6 Å². The number of benzene rings is 2. The predicted octanol–water partition coefficient (Wildman–Crippen LogP) is 2.52. The van der Waals surface area contributed by atoms with Gasteiger partial charge in [0, 0.05) is 25.9 Å². The molecule has 0 aromatic heterocycles. The molecule has 2 aromatic carbocycles. The molecule has 23 heavy (non-hydrogen) atoms. The summed E-state index contributed by atoms with van der Waals surface area (Å²) < 4.78 is 0. The van der Waals surface area contributed by atoms with E-state index in [0.717, 1.165) is 11.1 Å². The van der Waals surface area contributed by atoms with Gasteiger partial charge in [-0.05, 0) is 17.5 Å². The van der Waals surface area contributed by atoms with Crippen molar-refractivity contribution in [2.24, 2.45) is 5.73 Å². The zero-order valence-electron chi connectivity index (χ0n) is 13.2. The first-order chi connectivity index (χ1) is 11.1. The van der Waals surface area contributed by atoms with Crippen LogP contribution < -0.4 is 5.73 Å². The Morgan fingerprint density at radius 3 is 1.96 bits per heavy atom. The van der Waals surface area contributed by atoms with Gasteiger partial charge in [0.15, 0.2) is 0 Å². The number of aryl methyl sites for hydroxylation is 1. The number of primary amides is 1. The molecule has 120 valence electrons. The Morgan fingerprint density at radius 2 is 1.39 bits per heavy atom. The summed E-state index contributed by atoms with van der Waals surface area (Å²) in [7, 11) is 0. The minimum absolute atomic E-state index is 0.0407. The molecular weight excluding hydrogens is 288 g/mol. The third-order valence-corrected chi connectivity index (χ3v) is 3.67. The van der Waals surface area contributed by atoms with Crippen molar-refractivity contribution in [2.45, 2.75) is 25.8 Å². The fourth-order valence-electron chi connectivity index (χ4n) is 2.39. The monoisotopic (exact) mass is 310 g/mol. The highest BCUT2D eigenvalue weighted by atomic mass is 16.2. The second-order valence-corrected chi connectivity index (χ2v) is 5.50. The van der Waals surface area contributed by atoms with E-state index >= 15 is 0 Å². The van der Waals surface area contributed by atoms with Crippen LogP contribution in [0.15, 0.2) is 60.7 Å². The topological polar surface area (TPSA) is 63.4 Å². The highest BCUT2D eigenvalue weighted by molar-refractivity contribution is 5.78. The van der Waals surface area contributed by atoms with E-state index in [0.29, 0.717) is 25.9 Å². The maximum absolute atomic E-state index is 12.5. The van der Waals surface area contributed by atoms with Gasteiger partial charge in [-0.1, -0.05) is 60.7 Å². The molecule has 0 heterocycles. The lowest BCUT2D eigenvalue weighted by Crippen LogP contribution is -2.33. The third kappa shape index (κ3) is 5.94. The minimum atomic E-state index is -0.390. The standard InChI is InChI=1S/C19H22N2O2/c20-18(22)13-14-21(15-17-9-5-2-6-10-17)19(23)12-11-16-7-3-1-4-8-16/h1-10H,11-15H2,(H2,20,22). The molecule has 0 aliphatic rings. The lowest BCUT2D eigenvalue weighted by Gasteiger charge is -2.22. The molecule has 2 N–H and O–H groups in total. The molecule has 0 unspecified atom stereocenters. The van der Waals surface area contributed by atoms with Gasteiger partial charge in [0.05, 0.1) is 0 Å². The SMILES string of the molecule is NC(=O)CCN(Cc1ccccc1)C(=O)CCc1ccccc1. The molecule has 0 aliphatic heterocycles. The van der Waals surface area contributed by atoms with E-state index < -0.39 is 0 Å². The lowest BCUT2D eigenvalue weighted by atomic mass is 10.1. The number of carbonyl (C=O) groups excluding carboxylic acids is 2. The molecule has 0 fully saturated rings. The second-order valence-electron chi connectivity index (χ2n) is 5.50. The van der Waals surface area contributed by atoms with E-state index in [1.54, 1.807) is 4.90 Å². The van der Waals surface area contributed by atoms with Crippen molar-refractivity contribution in [1.82, 2.24) is 4.90 Å². The Morgan fingerprint density at radius 1 is 0.826 bits per heavy atom.